The first-order chi connectivity index (χ1) is 16.4. The van der Waals surface area contributed by atoms with Gasteiger partial charge in [-0.05, 0) is 68.1 Å². The summed E-state index contributed by atoms with van der Waals surface area (Å²) >= 11 is 6.96. The van der Waals surface area contributed by atoms with Crippen LogP contribution in [0.2, 0.25) is 5.02 Å². The normalized spacial score (nSPS) is 11.9. The van der Waals surface area contributed by atoms with Crippen LogP contribution >= 0.6 is 23.4 Å². The molecule has 0 aliphatic carbocycles. The Morgan fingerprint density at radius 1 is 1.00 bits per heavy atom. The molecule has 0 saturated heterocycles. The van der Waals surface area contributed by atoms with Crippen LogP contribution in [0.25, 0.3) is 0 Å². The highest BCUT2D eigenvalue weighted by atomic mass is 35.5. The molecule has 0 aliphatic rings. The number of anilines is 4. The van der Waals surface area contributed by atoms with Crippen molar-refractivity contribution in [3.8, 4) is 0 Å². The lowest BCUT2D eigenvalue weighted by Gasteiger charge is -2.21. The standard InChI is InChI=1S/C22H23ClF3N5O2S2/c1-4-31(5-2)20-13-19(27-15-8-11-18(23)17(12-15)22(24,25)26)28-21(29-20)34-16-9-6-14(7-10-16)30-35(3,32)33/h6-13,30H,4-5H2,1-3H3,(H,27,28,29). The van der Waals surface area contributed by atoms with Gasteiger partial charge >= 0.3 is 6.18 Å². The second kappa shape index (κ2) is 10.9. The number of rotatable bonds is 9. The summed E-state index contributed by atoms with van der Waals surface area (Å²) in [4.78, 5) is 11.8. The van der Waals surface area contributed by atoms with Crippen LogP contribution in [0.3, 0.4) is 0 Å². The van der Waals surface area contributed by atoms with E-state index in [1.165, 1.54) is 23.9 Å². The van der Waals surface area contributed by atoms with Crippen molar-refractivity contribution < 1.29 is 21.6 Å². The molecule has 0 atom stereocenters. The molecule has 3 rings (SSSR count). The van der Waals surface area contributed by atoms with Crippen LogP contribution < -0.4 is 14.9 Å². The van der Waals surface area contributed by atoms with Gasteiger partial charge in [0.2, 0.25) is 10.0 Å². The van der Waals surface area contributed by atoms with E-state index in [1.54, 1.807) is 30.3 Å². The molecule has 0 spiro atoms. The summed E-state index contributed by atoms with van der Waals surface area (Å²) in [6.07, 6.45) is -3.53. The quantitative estimate of drug-likeness (QED) is 0.307. The Morgan fingerprint density at radius 2 is 1.63 bits per heavy atom. The van der Waals surface area contributed by atoms with Gasteiger partial charge in [-0.2, -0.15) is 13.2 Å². The van der Waals surface area contributed by atoms with E-state index < -0.39 is 21.8 Å². The fraction of sp³-hybridized carbons (Fsp3) is 0.273. The molecule has 0 aliphatic heterocycles. The number of alkyl halides is 3. The number of halogens is 4. The van der Waals surface area contributed by atoms with Gasteiger partial charge in [0, 0.05) is 35.4 Å². The van der Waals surface area contributed by atoms with Crippen molar-refractivity contribution in [3.05, 3.63) is 59.1 Å². The number of hydrogen-bond donors (Lipinski definition) is 2. The first-order valence-electron chi connectivity index (χ1n) is 10.4. The van der Waals surface area contributed by atoms with E-state index in [0.29, 0.717) is 35.6 Å². The van der Waals surface area contributed by atoms with E-state index in [1.807, 2.05) is 18.7 Å². The molecule has 1 aromatic heterocycles. The van der Waals surface area contributed by atoms with Crippen LogP contribution in [0.4, 0.5) is 36.2 Å². The van der Waals surface area contributed by atoms with Gasteiger partial charge in [-0.25, -0.2) is 18.4 Å². The topological polar surface area (TPSA) is 87.2 Å². The maximum Gasteiger partial charge on any atom is 0.417 e. The maximum absolute atomic E-state index is 13.3. The monoisotopic (exact) mass is 545 g/mol. The molecule has 2 N–H and O–H groups in total. The summed E-state index contributed by atoms with van der Waals surface area (Å²) in [6.45, 7) is 5.27. The highest BCUT2D eigenvalue weighted by Crippen LogP contribution is 2.37. The zero-order chi connectivity index (χ0) is 25.8. The highest BCUT2D eigenvalue weighted by molar-refractivity contribution is 7.99. The Bertz CT molecular complexity index is 1290. The van der Waals surface area contributed by atoms with Crippen LogP contribution in [0, 0.1) is 0 Å². The molecule has 3 aromatic rings. The van der Waals surface area contributed by atoms with Gasteiger partial charge < -0.3 is 10.2 Å². The average molecular weight is 546 g/mol. The molecule has 0 fully saturated rings. The molecule has 7 nitrogen and oxygen atoms in total. The first kappa shape index (κ1) is 26.9. The predicted octanol–water partition coefficient (Wildman–Crippen LogP) is 6.26. The number of nitrogens with one attached hydrogen (secondary N) is 2. The van der Waals surface area contributed by atoms with Gasteiger partial charge in [-0.15, -0.1) is 0 Å². The average Bonchev–Trinajstić information content (AvgIpc) is 2.75. The summed E-state index contributed by atoms with van der Waals surface area (Å²) in [7, 11) is -3.39. The second-order valence-corrected chi connectivity index (χ2v) is 10.6. The van der Waals surface area contributed by atoms with Gasteiger partial charge in [0.1, 0.15) is 11.6 Å². The fourth-order valence-electron chi connectivity index (χ4n) is 3.11. The molecule has 0 amide bonds. The predicted molar refractivity (Wildman–Crippen MR) is 134 cm³/mol. The number of benzene rings is 2. The molecule has 0 bridgehead atoms. The van der Waals surface area contributed by atoms with Crippen molar-refractivity contribution in [3.63, 3.8) is 0 Å². The Labute approximate surface area is 211 Å². The molecular formula is C22H23ClF3N5O2S2. The molecule has 188 valence electrons. The molecule has 0 unspecified atom stereocenters. The third-order valence-electron chi connectivity index (χ3n) is 4.69. The van der Waals surface area contributed by atoms with Crippen LogP contribution in [0.15, 0.2) is 58.6 Å². The van der Waals surface area contributed by atoms with E-state index in [4.69, 9.17) is 11.6 Å². The van der Waals surface area contributed by atoms with Crippen LogP contribution in [0.5, 0.6) is 0 Å². The smallest absolute Gasteiger partial charge is 0.357 e. The number of sulfonamides is 1. The lowest BCUT2D eigenvalue weighted by molar-refractivity contribution is -0.137. The molecule has 13 heteroatoms. The van der Waals surface area contributed by atoms with E-state index in [0.717, 1.165) is 17.2 Å². The zero-order valence-electron chi connectivity index (χ0n) is 19.0. The molecule has 0 radical (unpaired) electrons. The Balaban J connectivity index is 1.93. The number of nitrogens with zero attached hydrogens (tertiary/aromatic N) is 3. The van der Waals surface area contributed by atoms with E-state index in [9.17, 15) is 21.6 Å². The van der Waals surface area contributed by atoms with Gasteiger partial charge in [0.05, 0.1) is 16.8 Å². The third kappa shape index (κ3) is 7.64. The van der Waals surface area contributed by atoms with Crippen molar-refractivity contribution in [1.29, 1.82) is 0 Å². The fourth-order valence-corrected chi connectivity index (χ4v) is 4.67. The van der Waals surface area contributed by atoms with Crippen molar-refractivity contribution in [2.24, 2.45) is 0 Å². The van der Waals surface area contributed by atoms with Crippen molar-refractivity contribution >= 4 is 56.4 Å². The summed E-state index contributed by atoms with van der Waals surface area (Å²) in [5.41, 5.74) is -0.349. The largest absolute Gasteiger partial charge is 0.417 e. The minimum absolute atomic E-state index is 0.179. The lowest BCUT2D eigenvalue weighted by Crippen LogP contribution is -2.23. The Morgan fingerprint density at radius 3 is 2.20 bits per heavy atom. The number of hydrogen-bond acceptors (Lipinski definition) is 7. The minimum Gasteiger partial charge on any atom is -0.357 e. The van der Waals surface area contributed by atoms with Crippen molar-refractivity contribution in [2.45, 2.75) is 30.1 Å². The van der Waals surface area contributed by atoms with Crippen molar-refractivity contribution in [1.82, 2.24) is 9.97 Å². The minimum atomic E-state index is -4.59. The van der Waals surface area contributed by atoms with E-state index in [-0.39, 0.29) is 10.7 Å². The first-order valence-corrected chi connectivity index (χ1v) is 13.5. The van der Waals surface area contributed by atoms with Crippen molar-refractivity contribution in [2.75, 3.05) is 34.3 Å². The molecule has 35 heavy (non-hydrogen) atoms. The van der Waals surface area contributed by atoms with E-state index >= 15 is 0 Å². The molecule has 0 saturated carbocycles. The van der Waals surface area contributed by atoms with Crippen LogP contribution in [-0.4, -0.2) is 37.7 Å². The molecule has 1 heterocycles. The molecular weight excluding hydrogens is 523 g/mol. The summed E-state index contributed by atoms with van der Waals surface area (Å²) in [5.74, 6) is 0.922. The van der Waals surface area contributed by atoms with Crippen LogP contribution in [-0.2, 0) is 16.2 Å². The lowest BCUT2D eigenvalue weighted by atomic mass is 10.2. The summed E-state index contributed by atoms with van der Waals surface area (Å²) in [5, 5.41) is 2.90. The number of aromatic nitrogens is 2. The molecule has 2 aromatic carbocycles. The Kier molecular flexibility index (Phi) is 8.39. The zero-order valence-corrected chi connectivity index (χ0v) is 21.4. The van der Waals surface area contributed by atoms with Crippen LogP contribution in [0.1, 0.15) is 19.4 Å². The van der Waals surface area contributed by atoms with Gasteiger partial charge in [0.15, 0.2) is 5.16 Å². The van der Waals surface area contributed by atoms with Gasteiger partial charge in [-0.1, -0.05) is 11.6 Å². The van der Waals surface area contributed by atoms with E-state index in [2.05, 4.69) is 20.0 Å². The summed E-state index contributed by atoms with van der Waals surface area (Å²) < 4.78 is 65.0. The van der Waals surface area contributed by atoms with Gasteiger partial charge in [-0.3, -0.25) is 4.72 Å². The summed E-state index contributed by atoms with van der Waals surface area (Å²) in [6, 6.07) is 11.9. The van der Waals surface area contributed by atoms with Gasteiger partial charge in [0.25, 0.3) is 0 Å². The highest BCUT2D eigenvalue weighted by Gasteiger charge is 2.33. The Hall–Kier alpha value is -2.70. The second-order valence-electron chi connectivity index (χ2n) is 7.38. The SMILES string of the molecule is CCN(CC)c1cc(Nc2ccc(Cl)c(C(F)(F)F)c2)nc(Sc2ccc(NS(C)(=O)=O)cc2)n1. The third-order valence-corrected chi connectivity index (χ3v) is 6.50. The maximum atomic E-state index is 13.3.